The van der Waals surface area contributed by atoms with Crippen molar-refractivity contribution in [2.24, 2.45) is 0 Å². The van der Waals surface area contributed by atoms with Gasteiger partial charge in [-0.25, -0.2) is 0 Å². The summed E-state index contributed by atoms with van der Waals surface area (Å²) < 4.78 is 5.61. The number of carbonyl (C=O) groups excluding carboxylic acids is 1. The number of hydrogen-bond donors (Lipinski definition) is 2. The molecule has 6 heteroatoms. The number of morpholine rings is 1. The number of aliphatic hydroxyl groups is 1. The first-order chi connectivity index (χ1) is 10.1. The average molecular weight is 308 g/mol. The van der Waals surface area contributed by atoms with Gasteiger partial charge in [-0.2, -0.15) is 0 Å². The maximum Gasteiger partial charge on any atom is 0.261 e. The summed E-state index contributed by atoms with van der Waals surface area (Å²) in [6.07, 6.45) is 0.0439. The van der Waals surface area contributed by atoms with Gasteiger partial charge in [0.2, 0.25) is 0 Å². The Morgan fingerprint density at radius 2 is 2.48 bits per heavy atom. The van der Waals surface area contributed by atoms with E-state index in [0.717, 1.165) is 23.5 Å². The summed E-state index contributed by atoms with van der Waals surface area (Å²) >= 11 is 1.35. The fourth-order valence-corrected chi connectivity index (χ4v) is 3.09. The molecule has 0 bridgehead atoms. The highest BCUT2D eigenvalue weighted by Crippen LogP contribution is 2.20. The Balaban J connectivity index is 1.91. The standard InChI is InChI=1S/C15H20N2O3S/c1-11-8-14(21-13(11)4-3-6-18)15(19)16-9-12-10-17(2)5-7-20-12/h8,12,18H,5-7,9-10H2,1-2H3,(H,16,19). The lowest BCUT2D eigenvalue weighted by atomic mass is 10.2. The highest BCUT2D eigenvalue weighted by molar-refractivity contribution is 7.14. The Morgan fingerprint density at radius 3 is 3.19 bits per heavy atom. The van der Waals surface area contributed by atoms with Crippen molar-refractivity contribution in [2.75, 3.05) is 39.9 Å². The van der Waals surface area contributed by atoms with E-state index in [4.69, 9.17) is 9.84 Å². The molecule has 0 saturated carbocycles. The fraction of sp³-hybridized carbons (Fsp3) is 0.533. The third kappa shape index (κ3) is 4.55. The van der Waals surface area contributed by atoms with Crippen molar-refractivity contribution >= 4 is 17.2 Å². The minimum Gasteiger partial charge on any atom is -0.384 e. The molecule has 0 aromatic carbocycles. The van der Waals surface area contributed by atoms with Gasteiger partial charge in [-0.3, -0.25) is 4.79 Å². The van der Waals surface area contributed by atoms with E-state index in [1.165, 1.54) is 11.3 Å². The molecule has 1 aliphatic rings. The Labute approximate surface area is 128 Å². The van der Waals surface area contributed by atoms with Crippen LogP contribution in [0.1, 0.15) is 20.1 Å². The average Bonchev–Trinajstić information content (AvgIpc) is 2.84. The zero-order valence-corrected chi connectivity index (χ0v) is 13.1. The zero-order chi connectivity index (χ0) is 15.2. The molecule has 0 aliphatic carbocycles. The summed E-state index contributed by atoms with van der Waals surface area (Å²) in [6.45, 7) is 4.71. The van der Waals surface area contributed by atoms with Gasteiger partial charge in [0.05, 0.1) is 22.5 Å². The van der Waals surface area contributed by atoms with E-state index < -0.39 is 0 Å². The van der Waals surface area contributed by atoms with Crippen molar-refractivity contribution in [3.63, 3.8) is 0 Å². The second-order valence-corrected chi connectivity index (χ2v) is 6.10. The number of nitrogens with one attached hydrogen (secondary N) is 1. The highest BCUT2D eigenvalue weighted by Gasteiger charge is 2.19. The lowest BCUT2D eigenvalue weighted by molar-refractivity contribution is -0.0174. The van der Waals surface area contributed by atoms with Crippen LogP contribution in [0.3, 0.4) is 0 Å². The summed E-state index contributed by atoms with van der Waals surface area (Å²) in [5.41, 5.74) is 0.958. The summed E-state index contributed by atoms with van der Waals surface area (Å²) in [4.78, 5) is 15.8. The van der Waals surface area contributed by atoms with E-state index in [-0.39, 0.29) is 18.6 Å². The van der Waals surface area contributed by atoms with Crippen LogP contribution in [0.4, 0.5) is 0 Å². The molecule has 1 unspecified atom stereocenters. The third-order valence-electron chi connectivity index (χ3n) is 3.25. The molecular formula is C15H20N2O3S. The number of ether oxygens (including phenoxy) is 1. The minimum atomic E-state index is -0.175. The van der Waals surface area contributed by atoms with E-state index in [1.807, 2.05) is 20.0 Å². The molecule has 0 radical (unpaired) electrons. The molecular weight excluding hydrogens is 288 g/mol. The predicted molar refractivity (Wildman–Crippen MR) is 82.6 cm³/mol. The van der Waals surface area contributed by atoms with Crippen LogP contribution in [0.15, 0.2) is 6.07 Å². The summed E-state index contributed by atoms with van der Waals surface area (Å²) in [5.74, 6) is 5.36. The zero-order valence-electron chi connectivity index (χ0n) is 12.3. The Bertz CT molecular complexity index is 559. The molecule has 1 aliphatic heterocycles. The van der Waals surface area contributed by atoms with Crippen molar-refractivity contribution in [1.29, 1.82) is 0 Å². The van der Waals surface area contributed by atoms with Crippen LogP contribution < -0.4 is 5.32 Å². The second kappa shape index (κ2) is 7.57. The van der Waals surface area contributed by atoms with Crippen molar-refractivity contribution in [2.45, 2.75) is 13.0 Å². The van der Waals surface area contributed by atoms with Crippen LogP contribution >= 0.6 is 11.3 Å². The lowest BCUT2D eigenvalue weighted by Gasteiger charge is -2.30. The smallest absolute Gasteiger partial charge is 0.261 e. The molecule has 2 N–H and O–H groups in total. The number of carbonyl (C=O) groups is 1. The monoisotopic (exact) mass is 308 g/mol. The molecule has 5 nitrogen and oxygen atoms in total. The van der Waals surface area contributed by atoms with Gasteiger partial charge in [-0.1, -0.05) is 11.8 Å². The SMILES string of the molecule is Cc1cc(C(=O)NCC2CN(C)CCO2)sc1C#CCO. The molecule has 1 amide bonds. The second-order valence-electron chi connectivity index (χ2n) is 5.05. The fourth-order valence-electron chi connectivity index (χ4n) is 2.12. The Morgan fingerprint density at radius 1 is 1.67 bits per heavy atom. The van der Waals surface area contributed by atoms with E-state index >= 15 is 0 Å². The van der Waals surface area contributed by atoms with Crippen molar-refractivity contribution < 1.29 is 14.6 Å². The molecule has 0 spiro atoms. The number of rotatable bonds is 3. The minimum absolute atomic E-state index is 0.0439. The molecule has 2 rings (SSSR count). The summed E-state index contributed by atoms with van der Waals surface area (Å²) in [6, 6.07) is 1.83. The molecule has 1 saturated heterocycles. The van der Waals surface area contributed by atoms with E-state index in [0.29, 0.717) is 18.0 Å². The van der Waals surface area contributed by atoms with Crippen molar-refractivity contribution in [3.8, 4) is 11.8 Å². The topological polar surface area (TPSA) is 61.8 Å². The van der Waals surface area contributed by atoms with Crippen LogP contribution in [0.25, 0.3) is 0 Å². The molecule has 1 atom stereocenters. The van der Waals surface area contributed by atoms with Crippen LogP contribution in [-0.4, -0.2) is 61.9 Å². The van der Waals surface area contributed by atoms with Crippen molar-refractivity contribution in [3.05, 3.63) is 21.4 Å². The van der Waals surface area contributed by atoms with Crippen LogP contribution in [0, 0.1) is 18.8 Å². The van der Waals surface area contributed by atoms with Gasteiger partial charge in [0.15, 0.2) is 0 Å². The first kappa shape index (κ1) is 16.0. The van der Waals surface area contributed by atoms with E-state index in [2.05, 4.69) is 22.1 Å². The number of hydrogen-bond acceptors (Lipinski definition) is 5. The molecule has 21 heavy (non-hydrogen) atoms. The van der Waals surface area contributed by atoms with Gasteiger partial charge in [0.1, 0.15) is 6.61 Å². The summed E-state index contributed by atoms with van der Waals surface area (Å²) in [7, 11) is 2.05. The molecule has 114 valence electrons. The van der Waals surface area contributed by atoms with Crippen LogP contribution in [0.5, 0.6) is 0 Å². The maximum atomic E-state index is 12.1. The van der Waals surface area contributed by atoms with E-state index in [9.17, 15) is 4.79 Å². The van der Waals surface area contributed by atoms with Gasteiger partial charge < -0.3 is 20.1 Å². The number of aliphatic hydroxyl groups excluding tert-OH is 1. The molecule has 1 aromatic heterocycles. The third-order valence-corrected chi connectivity index (χ3v) is 4.41. The van der Waals surface area contributed by atoms with Crippen LogP contribution in [0.2, 0.25) is 0 Å². The lowest BCUT2D eigenvalue weighted by Crippen LogP contribution is -2.45. The first-order valence-corrected chi connectivity index (χ1v) is 7.70. The Kier molecular flexibility index (Phi) is 5.76. The molecule has 2 heterocycles. The number of nitrogens with zero attached hydrogens (tertiary/aromatic N) is 1. The molecule has 1 fully saturated rings. The van der Waals surface area contributed by atoms with Gasteiger partial charge in [0, 0.05) is 19.6 Å². The largest absolute Gasteiger partial charge is 0.384 e. The normalized spacial score (nSPS) is 18.9. The number of aryl methyl sites for hydroxylation is 1. The highest BCUT2D eigenvalue weighted by atomic mass is 32.1. The van der Waals surface area contributed by atoms with Gasteiger partial charge in [-0.15, -0.1) is 11.3 Å². The van der Waals surface area contributed by atoms with E-state index in [1.54, 1.807) is 0 Å². The Hall–Kier alpha value is -1.39. The van der Waals surface area contributed by atoms with Gasteiger partial charge in [-0.05, 0) is 25.6 Å². The van der Waals surface area contributed by atoms with Gasteiger partial charge >= 0.3 is 0 Å². The van der Waals surface area contributed by atoms with Gasteiger partial charge in [0.25, 0.3) is 5.91 Å². The maximum absolute atomic E-state index is 12.1. The number of amides is 1. The first-order valence-electron chi connectivity index (χ1n) is 6.88. The summed E-state index contributed by atoms with van der Waals surface area (Å²) in [5, 5.41) is 11.6. The van der Waals surface area contributed by atoms with Crippen LogP contribution in [-0.2, 0) is 4.74 Å². The quantitative estimate of drug-likeness (QED) is 0.797. The number of thiophene rings is 1. The number of likely N-dealkylation sites (N-methyl/N-ethyl adjacent to an activating group) is 1. The van der Waals surface area contributed by atoms with Crippen molar-refractivity contribution in [1.82, 2.24) is 10.2 Å². The molecule has 1 aromatic rings. The predicted octanol–water partition coefficient (Wildman–Crippen LogP) is 0.461.